The fourth-order valence-corrected chi connectivity index (χ4v) is 4.65. The summed E-state index contributed by atoms with van der Waals surface area (Å²) in [5, 5.41) is 5.47. The van der Waals surface area contributed by atoms with Crippen LogP contribution in [0.5, 0.6) is 0 Å². The minimum atomic E-state index is 0.0245. The first kappa shape index (κ1) is 17.9. The number of hydrogen-bond donors (Lipinski definition) is 2. The number of nitrogens with one attached hydrogen (secondary N) is 2. The van der Waals surface area contributed by atoms with E-state index >= 15 is 0 Å². The summed E-state index contributed by atoms with van der Waals surface area (Å²) in [6.45, 7) is 2.09. The Bertz CT molecular complexity index is 1160. The van der Waals surface area contributed by atoms with Crippen LogP contribution in [-0.2, 0) is 0 Å². The molecule has 1 amide bonds. The molecule has 2 N–H and O–H groups in total. The van der Waals surface area contributed by atoms with Crippen molar-refractivity contribution in [1.29, 1.82) is 0 Å². The molecule has 4 nitrogen and oxygen atoms in total. The first-order valence-corrected chi connectivity index (χ1v) is 10.4. The number of hydrogen-bond acceptors (Lipinski definition) is 2. The number of fused-ring (bicyclic) bond motifs is 2. The van der Waals surface area contributed by atoms with Crippen LogP contribution in [0, 0.1) is 6.92 Å². The van der Waals surface area contributed by atoms with E-state index < -0.39 is 0 Å². The van der Waals surface area contributed by atoms with Gasteiger partial charge in [0.1, 0.15) is 5.82 Å². The van der Waals surface area contributed by atoms with Crippen LogP contribution >= 0.6 is 0 Å². The molecule has 3 aromatic carbocycles. The predicted molar refractivity (Wildman–Crippen MR) is 117 cm³/mol. The minimum absolute atomic E-state index is 0.0245. The number of aryl methyl sites for hydroxylation is 1. The molecule has 1 aromatic heterocycles. The molecule has 146 valence electrons. The molecule has 0 spiro atoms. The standard InChI is InChI=1S/C25H25N3O/c1-16-13-14-21(20-10-3-2-9-19(16)20)25(29)26-18-8-6-7-17(15-18)24-27-22-11-4-5-12-23(22)28-24/h2-5,9-14,17-18H,6-8,15H2,1H3,(H,26,29)(H,27,28)/t17-,18+/m0/s1. The van der Waals surface area contributed by atoms with Crippen molar-refractivity contribution in [1.82, 2.24) is 15.3 Å². The Morgan fingerprint density at radius 3 is 2.66 bits per heavy atom. The van der Waals surface area contributed by atoms with Gasteiger partial charge in [0.15, 0.2) is 0 Å². The summed E-state index contributed by atoms with van der Waals surface area (Å²) in [5.41, 5.74) is 4.05. The highest BCUT2D eigenvalue weighted by Crippen LogP contribution is 2.33. The molecule has 1 aliphatic carbocycles. The maximum Gasteiger partial charge on any atom is 0.252 e. The van der Waals surface area contributed by atoms with Crippen LogP contribution in [-0.4, -0.2) is 21.9 Å². The van der Waals surface area contributed by atoms with Gasteiger partial charge in [-0.25, -0.2) is 4.98 Å². The largest absolute Gasteiger partial charge is 0.349 e. The van der Waals surface area contributed by atoms with Crippen molar-refractivity contribution in [2.75, 3.05) is 0 Å². The summed E-state index contributed by atoms with van der Waals surface area (Å²) < 4.78 is 0. The molecule has 29 heavy (non-hydrogen) atoms. The van der Waals surface area contributed by atoms with Crippen molar-refractivity contribution in [3.8, 4) is 0 Å². The highest BCUT2D eigenvalue weighted by molar-refractivity contribution is 6.07. The smallest absolute Gasteiger partial charge is 0.252 e. The zero-order valence-electron chi connectivity index (χ0n) is 16.6. The van der Waals surface area contributed by atoms with Gasteiger partial charge in [0.05, 0.1) is 11.0 Å². The Morgan fingerprint density at radius 1 is 1.00 bits per heavy atom. The van der Waals surface area contributed by atoms with Gasteiger partial charge in [-0.2, -0.15) is 0 Å². The maximum atomic E-state index is 13.1. The van der Waals surface area contributed by atoms with Gasteiger partial charge in [-0.15, -0.1) is 0 Å². The van der Waals surface area contributed by atoms with Gasteiger partial charge in [0.25, 0.3) is 5.91 Å². The molecule has 4 heteroatoms. The fraction of sp³-hybridized carbons (Fsp3) is 0.280. The van der Waals surface area contributed by atoms with E-state index in [0.717, 1.165) is 58.9 Å². The van der Waals surface area contributed by atoms with Crippen molar-refractivity contribution in [3.63, 3.8) is 0 Å². The number of rotatable bonds is 3. The molecule has 0 bridgehead atoms. The van der Waals surface area contributed by atoms with Gasteiger partial charge in [0.2, 0.25) is 0 Å². The molecule has 0 unspecified atom stereocenters. The molecular formula is C25H25N3O. The number of aromatic amines is 1. The SMILES string of the molecule is Cc1ccc(C(=O)N[C@@H]2CCC[C@H](c3nc4ccccc4[nH]3)C2)c2ccccc12. The van der Waals surface area contributed by atoms with Crippen molar-refractivity contribution in [2.24, 2.45) is 0 Å². The topological polar surface area (TPSA) is 57.8 Å². The number of H-pyrrole nitrogens is 1. The molecule has 2 atom stereocenters. The van der Waals surface area contributed by atoms with E-state index in [0.29, 0.717) is 5.92 Å². The number of para-hydroxylation sites is 2. The second-order valence-corrected chi connectivity index (χ2v) is 8.15. The summed E-state index contributed by atoms with van der Waals surface area (Å²) in [6, 6.07) is 20.5. The molecule has 1 fully saturated rings. The van der Waals surface area contributed by atoms with Gasteiger partial charge in [-0.3, -0.25) is 4.79 Å². The highest BCUT2D eigenvalue weighted by Gasteiger charge is 2.27. The van der Waals surface area contributed by atoms with Gasteiger partial charge in [0, 0.05) is 17.5 Å². The number of amides is 1. The predicted octanol–water partition coefficient (Wildman–Crippen LogP) is 5.48. The van der Waals surface area contributed by atoms with Crippen LogP contribution < -0.4 is 5.32 Å². The maximum absolute atomic E-state index is 13.1. The summed E-state index contributed by atoms with van der Waals surface area (Å²) in [7, 11) is 0. The Hall–Kier alpha value is -3.14. The molecular weight excluding hydrogens is 358 g/mol. The zero-order valence-corrected chi connectivity index (χ0v) is 16.6. The third-order valence-electron chi connectivity index (χ3n) is 6.19. The first-order valence-electron chi connectivity index (χ1n) is 10.4. The number of nitrogens with zero attached hydrogens (tertiary/aromatic N) is 1. The van der Waals surface area contributed by atoms with Crippen molar-refractivity contribution in [2.45, 2.75) is 44.6 Å². The quantitative estimate of drug-likeness (QED) is 0.492. The van der Waals surface area contributed by atoms with Crippen LogP contribution in [0.25, 0.3) is 21.8 Å². The summed E-state index contributed by atoms with van der Waals surface area (Å²) >= 11 is 0. The van der Waals surface area contributed by atoms with Crippen molar-refractivity contribution in [3.05, 3.63) is 77.6 Å². The average Bonchev–Trinajstić information content (AvgIpc) is 3.19. The number of imidazole rings is 1. The second-order valence-electron chi connectivity index (χ2n) is 8.15. The third kappa shape index (κ3) is 3.39. The van der Waals surface area contributed by atoms with E-state index in [9.17, 15) is 4.79 Å². The number of aromatic nitrogens is 2. The molecule has 0 saturated heterocycles. The van der Waals surface area contributed by atoms with Gasteiger partial charge in [-0.05, 0) is 60.7 Å². The Balaban J connectivity index is 1.35. The average molecular weight is 383 g/mol. The van der Waals surface area contributed by atoms with Gasteiger partial charge < -0.3 is 10.3 Å². The molecule has 1 aliphatic rings. The summed E-state index contributed by atoms with van der Waals surface area (Å²) in [4.78, 5) is 21.4. The van der Waals surface area contributed by atoms with Crippen molar-refractivity contribution < 1.29 is 4.79 Å². The van der Waals surface area contributed by atoms with E-state index in [4.69, 9.17) is 4.98 Å². The van der Waals surface area contributed by atoms with Crippen molar-refractivity contribution >= 4 is 27.7 Å². The lowest BCUT2D eigenvalue weighted by atomic mass is 9.85. The highest BCUT2D eigenvalue weighted by atomic mass is 16.1. The summed E-state index contributed by atoms with van der Waals surface area (Å²) in [5.74, 6) is 1.43. The van der Waals surface area contributed by atoms with E-state index in [2.05, 4.69) is 29.4 Å². The van der Waals surface area contributed by atoms with Crippen LogP contribution in [0.1, 0.15) is 53.3 Å². The molecule has 0 radical (unpaired) electrons. The zero-order chi connectivity index (χ0) is 19.8. The molecule has 0 aliphatic heterocycles. The van der Waals surface area contributed by atoms with Crippen LogP contribution in [0.4, 0.5) is 0 Å². The van der Waals surface area contributed by atoms with Gasteiger partial charge >= 0.3 is 0 Å². The second kappa shape index (κ2) is 7.36. The van der Waals surface area contributed by atoms with E-state index in [-0.39, 0.29) is 11.9 Å². The van der Waals surface area contributed by atoms with Crippen LogP contribution in [0.2, 0.25) is 0 Å². The Kier molecular flexibility index (Phi) is 4.55. The molecule has 5 rings (SSSR count). The van der Waals surface area contributed by atoms with E-state index in [1.807, 2.05) is 48.5 Å². The number of carbonyl (C=O) groups is 1. The number of benzene rings is 3. The van der Waals surface area contributed by atoms with Gasteiger partial charge in [-0.1, -0.05) is 48.9 Å². The molecule has 4 aromatic rings. The van der Waals surface area contributed by atoms with E-state index in [1.165, 1.54) is 5.56 Å². The fourth-order valence-electron chi connectivity index (χ4n) is 4.65. The molecule has 1 saturated carbocycles. The lowest BCUT2D eigenvalue weighted by Gasteiger charge is -2.29. The molecule has 1 heterocycles. The Morgan fingerprint density at radius 2 is 1.79 bits per heavy atom. The van der Waals surface area contributed by atoms with E-state index in [1.54, 1.807) is 0 Å². The lowest BCUT2D eigenvalue weighted by molar-refractivity contribution is 0.0926. The number of carbonyl (C=O) groups excluding carboxylic acids is 1. The third-order valence-corrected chi connectivity index (χ3v) is 6.19. The normalized spacial score (nSPS) is 19.5. The summed E-state index contributed by atoms with van der Waals surface area (Å²) in [6.07, 6.45) is 4.16. The monoisotopic (exact) mass is 383 g/mol. The minimum Gasteiger partial charge on any atom is -0.349 e. The lowest BCUT2D eigenvalue weighted by Crippen LogP contribution is -2.38. The van der Waals surface area contributed by atoms with Crippen LogP contribution in [0.15, 0.2) is 60.7 Å². The Labute approximate surface area is 170 Å². The van der Waals surface area contributed by atoms with Crippen LogP contribution in [0.3, 0.4) is 0 Å². The first-order chi connectivity index (χ1) is 14.2.